The number of furan rings is 1. The van der Waals surface area contributed by atoms with Crippen LogP contribution in [0, 0.1) is 6.92 Å². The van der Waals surface area contributed by atoms with Crippen molar-refractivity contribution in [2.45, 2.75) is 38.6 Å². The van der Waals surface area contributed by atoms with Crippen LogP contribution < -0.4 is 10.1 Å². The molecule has 1 fully saturated rings. The van der Waals surface area contributed by atoms with Gasteiger partial charge in [0.2, 0.25) is 0 Å². The number of carbonyl (C=O) groups excluding carboxylic acids is 1. The van der Waals surface area contributed by atoms with Crippen LogP contribution in [0.3, 0.4) is 0 Å². The lowest BCUT2D eigenvalue weighted by Crippen LogP contribution is -2.38. The molecule has 4 rings (SSSR count). The van der Waals surface area contributed by atoms with E-state index >= 15 is 0 Å². The standard InChI is InChI=1S/C25H29BrN2O3/c1-17-21-15-19(26)9-12-23(21)31-24(17)25(29)27-16-22(28-13-5-3-4-6-14-28)18-7-10-20(30-2)11-8-18/h7-12,15,22H,3-6,13-14,16H2,1-2H3,(H,27,29). The zero-order chi connectivity index (χ0) is 21.8. The number of hydrogen-bond acceptors (Lipinski definition) is 4. The van der Waals surface area contributed by atoms with Crippen molar-refractivity contribution in [1.29, 1.82) is 0 Å². The molecule has 1 unspecified atom stereocenters. The molecule has 2 heterocycles. The Balaban J connectivity index is 1.55. The summed E-state index contributed by atoms with van der Waals surface area (Å²) in [5.41, 5.74) is 2.78. The van der Waals surface area contributed by atoms with E-state index in [9.17, 15) is 4.79 Å². The number of carbonyl (C=O) groups is 1. The van der Waals surface area contributed by atoms with Gasteiger partial charge in [0.15, 0.2) is 5.76 Å². The summed E-state index contributed by atoms with van der Waals surface area (Å²) in [4.78, 5) is 15.5. The number of methoxy groups -OCH3 is 1. The predicted molar refractivity (Wildman–Crippen MR) is 127 cm³/mol. The van der Waals surface area contributed by atoms with Crippen LogP contribution >= 0.6 is 15.9 Å². The number of rotatable bonds is 6. The van der Waals surface area contributed by atoms with Gasteiger partial charge in [-0.05, 0) is 68.8 Å². The van der Waals surface area contributed by atoms with E-state index in [2.05, 4.69) is 38.3 Å². The minimum atomic E-state index is -0.168. The first-order chi connectivity index (χ1) is 15.1. The number of ether oxygens (including phenoxy) is 1. The maximum absolute atomic E-state index is 13.1. The van der Waals surface area contributed by atoms with Crippen molar-refractivity contribution < 1.29 is 13.9 Å². The zero-order valence-corrected chi connectivity index (χ0v) is 19.7. The highest BCUT2D eigenvalue weighted by molar-refractivity contribution is 9.10. The molecule has 1 saturated heterocycles. The molecule has 0 saturated carbocycles. The summed E-state index contributed by atoms with van der Waals surface area (Å²) in [6.07, 6.45) is 4.92. The Morgan fingerprint density at radius 1 is 1.13 bits per heavy atom. The summed E-state index contributed by atoms with van der Waals surface area (Å²) in [5, 5.41) is 4.10. The average Bonchev–Trinajstić information content (AvgIpc) is 2.95. The largest absolute Gasteiger partial charge is 0.497 e. The van der Waals surface area contributed by atoms with E-state index in [1.165, 1.54) is 31.2 Å². The van der Waals surface area contributed by atoms with Gasteiger partial charge in [0.05, 0.1) is 13.2 Å². The van der Waals surface area contributed by atoms with Gasteiger partial charge in [0.1, 0.15) is 11.3 Å². The van der Waals surface area contributed by atoms with Gasteiger partial charge in [-0.25, -0.2) is 0 Å². The summed E-state index contributed by atoms with van der Waals surface area (Å²) in [5.74, 6) is 1.06. The zero-order valence-electron chi connectivity index (χ0n) is 18.1. The minimum absolute atomic E-state index is 0.117. The smallest absolute Gasteiger partial charge is 0.287 e. The quantitative estimate of drug-likeness (QED) is 0.475. The van der Waals surface area contributed by atoms with E-state index < -0.39 is 0 Å². The van der Waals surface area contributed by atoms with Gasteiger partial charge in [-0.1, -0.05) is 40.9 Å². The Kier molecular flexibility index (Phi) is 6.98. The van der Waals surface area contributed by atoms with Crippen LogP contribution in [0.25, 0.3) is 11.0 Å². The Hall–Kier alpha value is -2.31. The molecular formula is C25H29BrN2O3. The first-order valence-electron chi connectivity index (χ1n) is 10.9. The minimum Gasteiger partial charge on any atom is -0.497 e. The lowest BCUT2D eigenvalue weighted by atomic mass is 10.0. The Morgan fingerprint density at radius 3 is 2.52 bits per heavy atom. The Bertz CT molecular complexity index is 1040. The first-order valence-corrected chi connectivity index (χ1v) is 11.7. The van der Waals surface area contributed by atoms with Crippen molar-refractivity contribution in [3.8, 4) is 5.75 Å². The Morgan fingerprint density at radius 2 is 1.84 bits per heavy atom. The van der Waals surface area contributed by atoms with Crippen molar-refractivity contribution >= 4 is 32.8 Å². The number of hydrogen-bond donors (Lipinski definition) is 1. The number of nitrogens with zero attached hydrogens (tertiary/aromatic N) is 1. The number of amides is 1. The third kappa shape index (κ3) is 4.96. The molecule has 1 amide bonds. The van der Waals surface area contributed by atoms with Gasteiger partial charge in [-0.3, -0.25) is 9.69 Å². The molecule has 0 aliphatic carbocycles. The second kappa shape index (κ2) is 9.88. The molecule has 1 aromatic heterocycles. The molecule has 31 heavy (non-hydrogen) atoms. The molecule has 164 valence electrons. The molecule has 0 spiro atoms. The molecule has 0 bridgehead atoms. The van der Waals surface area contributed by atoms with Crippen molar-refractivity contribution in [3.63, 3.8) is 0 Å². The molecule has 0 radical (unpaired) electrons. The van der Waals surface area contributed by atoms with Crippen molar-refractivity contribution in [3.05, 3.63) is 63.8 Å². The van der Waals surface area contributed by atoms with Crippen LogP contribution in [0.4, 0.5) is 0 Å². The van der Waals surface area contributed by atoms with Crippen LogP contribution in [0.2, 0.25) is 0 Å². The molecule has 5 nitrogen and oxygen atoms in total. The number of likely N-dealkylation sites (tertiary alicyclic amines) is 1. The van der Waals surface area contributed by atoms with Crippen LogP contribution in [0.1, 0.15) is 53.4 Å². The van der Waals surface area contributed by atoms with Crippen molar-refractivity contribution in [1.82, 2.24) is 10.2 Å². The second-order valence-corrected chi connectivity index (χ2v) is 9.06. The van der Waals surface area contributed by atoms with Crippen LogP contribution in [0.15, 0.2) is 51.4 Å². The maximum atomic E-state index is 13.1. The molecule has 2 aromatic carbocycles. The summed E-state index contributed by atoms with van der Waals surface area (Å²) in [7, 11) is 1.68. The van der Waals surface area contributed by atoms with Crippen LogP contribution in [0.5, 0.6) is 5.75 Å². The van der Waals surface area contributed by atoms with Gasteiger partial charge in [-0.15, -0.1) is 0 Å². The predicted octanol–water partition coefficient (Wildman–Crippen LogP) is 5.86. The molecule has 6 heteroatoms. The van der Waals surface area contributed by atoms with E-state index in [1.54, 1.807) is 7.11 Å². The number of benzene rings is 2. The molecular weight excluding hydrogens is 456 g/mol. The number of aryl methyl sites for hydroxylation is 1. The first kappa shape index (κ1) is 21.9. The van der Waals surface area contributed by atoms with Gasteiger partial charge < -0.3 is 14.5 Å². The van der Waals surface area contributed by atoms with Gasteiger partial charge >= 0.3 is 0 Å². The fourth-order valence-electron chi connectivity index (χ4n) is 4.37. The number of fused-ring (bicyclic) bond motifs is 1. The van der Waals surface area contributed by atoms with Gasteiger partial charge in [0, 0.05) is 22.0 Å². The summed E-state index contributed by atoms with van der Waals surface area (Å²) >= 11 is 3.49. The molecule has 1 atom stereocenters. The third-order valence-corrected chi connectivity index (χ3v) is 6.64. The summed E-state index contributed by atoms with van der Waals surface area (Å²) < 4.78 is 12.2. The van der Waals surface area contributed by atoms with Gasteiger partial charge in [-0.2, -0.15) is 0 Å². The van der Waals surface area contributed by atoms with E-state index in [4.69, 9.17) is 9.15 Å². The molecule has 1 aliphatic rings. The molecule has 3 aromatic rings. The summed E-state index contributed by atoms with van der Waals surface area (Å²) in [6, 6.07) is 14.1. The number of halogens is 1. The van der Waals surface area contributed by atoms with E-state index in [0.29, 0.717) is 12.3 Å². The average molecular weight is 485 g/mol. The monoisotopic (exact) mass is 484 g/mol. The highest BCUT2D eigenvalue weighted by Crippen LogP contribution is 2.29. The third-order valence-electron chi connectivity index (χ3n) is 6.14. The lowest BCUT2D eigenvalue weighted by molar-refractivity contribution is 0.0907. The molecule has 1 aliphatic heterocycles. The fraction of sp³-hybridized carbons (Fsp3) is 0.400. The highest BCUT2D eigenvalue weighted by atomic mass is 79.9. The van der Waals surface area contributed by atoms with E-state index in [0.717, 1.165) is 39.8 Å². The van der Waals surface area contributed by atoms with E-state index in [-0.39, 0.29) is 11.9 Å². The lowest BCUT2D eigenvalue weighted by Gasteiger charge is -2.31. The van der Waals surface area contributed by atoms with Gasteiger partial charge in [0.25, 0.3) is 5.91 Å². The van der Waals surface area contributed by atoms with Crippen LogP contribution in [-0.4, -0.2) is 37.6 Å². The second-order valence-electron chi connectivity index (χ2n) is 8.15. The Labute approximate surface area is 191 Å². The van der Waals surface area contributed by atoms with Crippen molar-refractivity contribution in [2.75, 3.05) is 26.7 Å². The van der Waals surface area contributed by atoms with Crippen LogP contribution in [-0.2, 0) is 0 Å². The molecule has 1 N–H and O–H groups in total. The maximum Gasteiger partial charge on any atom is 0.287 e. The topological polar surface area (TPSA) is 54.7 Å². The number of nitrogens with one attached hydrogen (secondary N) is 1. The van der Waals surface area contributed by atoms with Crippen molar-refractivity contribution in [2.24, 2.45) is 0 Å². The fourth-order valence-corrected chi connectivity index (χ4v) is 4.73. The van der Waals surface area contributed by atoms with E-state index in [1.807, 2.05) is 37.3 Å². The normalized spacial score (nSPS) is 16.1. The SMILES string of the molecule is COc1ccc(C(CNC(=O)c2oc3ccc(Br)cc3c2C)N2CCCCCC2)cc1. The summed E-state index contributed by atoms with van der Waals surface area (Å²) in [6.45, 7) is 4.56. The highest BCUT2D eigenvalue weighted by Gasteiger charge is 2.24.